The number of hydrogen-bond acceptors (Lipinski definition) is 5. The number of aliphatic hydroxyl groups is 1. The predicted molar refractivity (Wildman–Crippen MR) is 74.9 cm³/mol. The Bertz CT molecular complexity index is 520. The lowest BCUT2D eigenvalue weighted by Crippen LogP contribution is -2.41. The number of nitrogens with zero attached hydrogens (tertiary/aromatic N) is 1. The summed E-state index contributed by atoms with van der Waals surface area (Å²) in [5.41, 5.74) is -0.167. The molecule has 1 aliphatic rings. The maximum atomic E-state index is 11.8. The molecule has 0 aromatic heterocycles. The third-order valence-corrected chi connectivity index (χ3v) is 3.66. The van der Waals surface area contributed by atoms with Crippen LogP contribution in [0.3, 0.4) is 0 Å². The molecule has 114 valence electrons. The van der Waals surface area contributed by atoms with Gasteiger partial charge >= 0.3 is 5.69 Å². The summed E-state index contributed by atoms with van der Waals surface area (Å²) in [6.07, 6.45) is 2.70. The number of amides is 1. The van der Waals surface area contributed by atoms with E-state index in [0.29, 0.717) is 0 Å². The first-order valence-electron chi connectivity index (χ1n) is 6.88. The maximum absolute atomic E-state index is 11.8. The molecule has 2 rings (SSSR count). The highest BCUT2D eigenvalue weighted by Crippen LogP contribution is 2.26. The van der Waals surface area contributed by atoms with Gasteiger partial charge in [-0.1, -0.05) is 18.6 Å². The molecule has 7 heteroatoms. The summed E-state index contributed by atoms with van der Waals surface area (Å²) in [6, 6.07) is 5.88. The van der Waals surface area contributed by atoms with E-state index in [1.165, 1.54) is 18.2 Å². The number of ether oxygens (including phenoxy) is 1. The van der Waals surface area contributed by atoms with Crippen LogP contribution in [0.5, 0.6) is 5.75 Å². The average molecular weight is 294 g/mol. The highest BCUT2D eigenvalue weighted by Gasteiger charge is 2.28. The van der Waals surface area contributed by atoms with Gasteiger partial charge in [-0.05, 0) is 18.9 Å². The fourth-order valence-corrected chi connectivity index (χ4v) is 2.57. The Kier molecular flexibility index (Phi) is 5.10. The number of nitrogens with one attached hydrogen (secondary N) is 1. The normalized spacial score (nSPS) is 21.0. The number of aliphatic hydroxyl groups excluding tert-OH is 1. The van der Waals surface area contributed by atoms with E-state index in [2.05, 4.69) is 5.32 Å². The first kappa shape index (κ1) is 15.2. The van der Waals surface area contributed by atoms with Crippen molar-refractivity contribution in [1.29, 1.82) is 0 Å². The number of benzene rings is 1. The summed E-state index contributed by atoms with van der Waals surface area (Å²) in [6.45, 7) is -0.227. The van der Waals surface area contributed by atoms with Gasteiger partial charge in [0.25, 0.3) is 5.91 Å². The molecule has 0 radical (unpaired) electrons. The van der Waals surface area contributed by atoms with Crippen LogP contribution in [0.15, 0.2) is 24.3 Å². The van der Waals surface area contributed by atoms with Gasteiger partial charge in [-0.2, -0.15) is 0 Å². The van der Waals surface area contributed by atoms with Crippen molar-refractivity contribution in [3.8, 4) is 5.75 Å². The molecule has 0 saturated heterocycles. The first-order chi connectivity index (χ1) is 10.1. The van der Waals surface area contributed by atoms with Crippen LogP contribution in [0.2, 0.25) is 0 Å². The molecule has 1 aliphatic carbocycles. The molecule has 0 aliphatic heterocycles. The molecule has 0 spiro atoms. The second kappa shape index (κ2) is 7.03. The van der Waals surface area contributed by atoms with Gasteiger partial charge in [0, 0.05) is 24.6 Å². The van der Waals surface area contributed by atoms with Crippen LogP contribution in [0, 0.1) is 16.0 Å². The molecule has 2 atom stereocenters. The van der Waals surface area contributed by atoms with Gasteiger partial charge in [-0.3, -0.25) is 14.9 Å². The van der Waals surface area contributed by atoms with Crippen LogP contribution < -0.4 is 10.1 Å². The number of carbonyl (C=O) groups is 1. The molecule has 1 aromatic carbocycles. The van der Waals surface area contributed by atoms with Crippen molar-refractivity contribution in [3.63, 3.8) is 0 Å². The van der Waals surface area contributed by atoms with E-state index in [0.717, 1.165) is 19.3 Å². The predicted octanol–water partition coefficient (Wildman–Crippen LogP) is 1.25. The minimum Gasteiger partial charge on any atom is -0.477 e. The molecular weight excluding hydrogens is 276 g/mol. The zero-order valence-electron chi connectivity index (χ0n) is 11.5. The van der Waals surface area contributed by atoms with Gasteiger partial charge in [-0.15, -0.1) is 0 Å². The Morgan fingerprint density at radius 1 is 1.43 bits per heavy atom. The molecule has 1 amide bonds. The van der Waals surface area contributed by atoms with Gasteiger partial charge in [0.2, 0.25) is 0 Å². The minimum absolute atomic E-state index is 0.0446. The third kappa shape index (κ3) is 3.91. The Balaban J connectivity index is 1.88. The number of carbonyl (C=O) groups excluding carboxylic acids is 1. The number of nitro benzene ring substituents is 1. The zero-order chi connectivity index (χ0) is 15.2. The highest BCUT2D eigenvalue weighted by atomic mass is 16.6. The van der Waals surface area contributed by atoms with Crippen molar-refractivity contribution in [2.45, 2.75) is 25.3 Å². The SMILES string of the molecule is O=C(COc1ccccc1[N+](=O)[O-])NC1CCCC1CO. The largest absolute Gasteiger partial charge is 0.477 e. The van der Waals surface area contributed by atoms with Crippen LogP contribution >= 0.6 is 0 Å². The van der Waals surface area contributed by atoms with Gasteiger partial charge in [0.05, 0.1) is 4.92 Å². The Morgan fingerprint density at radius 2 is 2.19 bits per heavy atom. The topological polar surface area (TPSA) is 102 Å². The van der Waals surface area contributed by atoms with E-state index in [1.807, 2.05) is 0 Å². The van der Waals surface area contributed by atoms with E-state index >= 15 is 0 Å². The molecular formula is C14H18N2O5. The van der Waals surface area contributed by atoms with E-state index in [1.54, 1.807) is 6.07 Å². The van der Waals surface area contributed by atoms with E-state index < -0.39 is 4.92 Å². The van der Waals surface area contributed by atoms with Crippen LogP contribution in [-0.4, -0.2) is 35.2 Å². The summed E-state index contributed by atoms with van der Waals surface area (Å²) < 4.78 is 5.22. The molecule has 0 bridgehead atoms. The van der Waals surface area contributed by atoms with Gasteiger partial charge in [0.15, 0.2) is 12.4 Å². The van der Waals surface area contributed by atoms with Gasteiger partial charge in [-0.25, -0.2) is 0 Å². The molecule has 7 nitrogen and oxygen atoms in total. The monoisotopic (exact) mass is 294 g/mol. The number of rotatable bonds is 6. The van der Waals surface area contributed by atoms with Crippen LogP contribution in [0.1, 0.15) is 19.3 Å². The van der Waals surface area contributed by atoms with Crippen LogP contribution in [-0.2, 0) is 4.79 Å². The smallest absolute Gasteiger partial charge is 0.310 e. The molecule has 21 heavy (non-hydrogen) atoms. The van der Waals surface area contributed by atoms with Crippen molar-refractivity contribution in [1.82, 2.24) is 5.32 Å². The number of hydrogen-bond donors (Lipinski definition) is 2. The van der Waals surface area contributed by atoms with Crippen molar-refractivity contribution >= 4 is 11.6 Å². The van der Waals surface area contributed by atoms with E-state index in [-0.39, 0.29) is 42.5 Å². The van der Waals surface area contributed by atoms with Gasteiger partial charge < -0.3 is 15.2 Å². The lowest BCUT2D eigenvalue weighted by atomic mass is 10.1. The lowest BCUT2D eigenvalue weighted by Gasteiger charge is -2.19. The Morgan fingerprint density at radius 3 is 2.90 bits per heavy atom. The summed E-state index contributed by atoms with van der Waals surface area (Å²) in [7, 11) is 0. The third-order valence-electron chi connectivity index (χ3n) is 3.66. The summed E-state index contributed by atoms with van der Waals surface area (Å²) >= 11 is 0. The minimum atomic E-state index is -0.550. The van der Waals surface area contributed by atoms with E-state index in [9.17, 15) is 20.0 Å². The number of nitro groups is 1. The van der Waals surface area contributed by atoms with Crippen molar-refractivity contribution in [2.75, 3.05) is 13.2 Å². The zero-order valence-corrected chi connectivity index (χ0v) is 11.5. The Hall–Kier alpha value is -2.15. The quantitative estimate of drug-likeness (QED) is 0.607. The van der Waals surface area contributed by atoms with E-state index in [4.69, 9.17) is 4.74 Å². The van der Waals surface area contributed by atoms with Crippen LogP contribution in [0.4, 0.5) is 5.69 Å². The summed E-state index contributed by atoms with van der Waals surface area (Å²) in [4.78, 5) is 22.1. The molecule has 0 heterocycles. The van der Waals surface area contributed by atoms with Crippen molar-refractivity contribution < 1.29 is 19.6 Å². The second-order valence-corrected chi connectivity index (χ2v) is 5.06. The molecule has 2 N–H and O–H groups in total. The first-order valence-corrected chi connectivity index (χ1v) is 6.88. The maximum Gasteiger partial charge on any atom is 0.310 e. The van der Waals surface area contributed by atoms with Crippen LogP contribution in [0.25, 0.3) is 0 Å². The fourth-order valence-electron chi connectivity index (χ4n) is 2.57. The van der Waals surface area contributed by atoms with Crippen molar-refractivity contribution in [3.05, 3.63) is 34.4 Å². The molecule has 1 saturated carbocycles. The Labute approximate surface area is 122 Å². The average Bonchev–Trinajstić information content (AvgIpc) is 2.92. The van der Waals surface area contributed by atoms with Crippen molar-refractivity contribution in [2.24, 2.45) is 5.92 Å². The lowest BCUT2D eigenvalue weighted by molar-refractivity contribution is -0.385. The second-order valence-electron chi connectivity index (χ2n) is 5.06. The standard InChI is InChI=1S/C14H18N2O5/c17-8-10-4-3-5-11(10)15-14(18)9-21-13-7-2-1-6-12(13)16(19)20/h1-2,6-7,10-11,17H,3-5,8-9H2,(H,15,18). The molecule has 2 unspecified atom stereocenters. The molecule has 1 aromatic rings. The summed E-state index contributed by atoms with van der Waals surface area (Å²) in [5, 5.41) is 22.8. The fraction of sp³-hybridized carbons (Fsp3) is 0.500. The number of para-hydroxylation sites is 2. The summed E-state index contributed by atoms with van der Waals surface area (Å²) in [5.74, 6) is -0.179. The molecule has 1 fully saturated rings. The highest BCUT2D eigenvalue weighted by molar-refractivity contribution is 5.78. The van der Waals surface area contributed by atoms with Gasteiger partial charge in [0.1, 0.15) is 0 Å².